The smallest absolute Gasteiger partial charge is 0.246 e. The Labute approximate surface area is 158 Å². The lowest BCUT2D eigenvalue weighted by Gasteiger charge is -2.29. The molecule has 1 aliphatic heterocycles. The van der Waals surface area contributed by atoms with Gasteiger partial charge in [-0.05, 0) is 68.7 Å². The van der Waals surface area contributed by atoms with Crippen molar-refractivity contribution in [2.24, 2.45) is 0 Å². The second-order valence-electron chi connectivity index (χ2n) is 6.57. The topological polar surface area (TPSA) is 44.4 Å². The van der Waals surface area contributed by atoms with Crippen molar-refractivity contribution in [2.75, 3.05) is 28.6 Å². The number of amides is 1. The molecule has 2 aromatic carbocycles. The van der Waals surface area contributed by atoms with Crippen molar-refractivity contribution in [3.8, 4) is 0 Å². The van der Waals surface area contributed by atoms with Crippen molar-refractivity contribution in [1.29, 1.82) is 0 Å². The summed E-state index contributed by atoms with van der Waals surface area (Å²) in [7, 11) is 0. The van der Waals surface area contributed by atoms with Gasteiger partial charge in [0.15, 0.2) is 0 Å². The molecule has 4 nitrogen and oxygen atoms in total. The zero-order valence-electron chi connectivity index (χ0n) is 14.8. The number of benzene rings is 2. The highest BCUT2D eigenvalue weighted by atomic mass is 35.5. The molecule has 2 N–H and O–H groups in total. The van der Waals surface area contributed by atoms with Crippen LogP contribution in [0.4, 0.5) is 21.5 Å². The van der Waals surface area contributed by atoms with E-state index in [1.165, 1.54) is 43.1 Å². The lowest BCUT2D eigenvalue weighted by atomic mass is 10.1. The molecule has 2 aromatic rings. The zero-order chi connectivity index (χ0) is 18.5. The normalized spacial score (nSPS) is 15.4. The maximum atomic E-state index is 13.8. The lowest BCUT2D eigenvalue weighted by Crippen LogP contribution is -2.32. The molecule has 1 atom stereocenters. The van der Waals surface area contributed by atoms with Crippen LogP contribution < -0.4 is 15.5 Å². The Morgan fingerprint density at radius 3 is 2.46 bits per heavy atom. The first-order valence-electron chi connectivity index (χ1n) is 8.90. The summed E-state index contributed by atoms with van der Waals surface area (Å²) in [4.78, 5) is 14.7. The van der Waals surface area contributed by atoms with Gasteiger partial charge in [-0.1, -0.05) is 11.6 Å². The number of nitrogens with one attached hydrogen (secondary N) is 2. The van der Waals surface area contributed by atoms with Gasteiger partial charge in [-0.2, -0.15) is 0 Å². The Morgan fingerprint density at radius 1 is 1.12 bits per heavy atom. The molecular weight excluding hydrogens is 353 g/mol. The molecule has 0 saturated carbocycles. The van der Waals surface area contributed by atoms with Gasteiger partial charge in [0.25, 0.3) is 0 Å². The number of halogens is 2. The van der Waals surface area contributed by atoms with Gasteiger partial charge in [-0.15, -0.1) is 0 Å². The quantitative estimate of drug-likeness (QED) is 0.780. The third kappa shape index (κ3) is 4.67. The number of piperidine rings is 1. The van der Waals surface area contributed by atoms with Gasteiger partial charge in [0.05, 0.1) is 5.69 Å². The molecule has 0 aromatic heterocycles. The van der Waals surface area contributed by atoms with Crippen LogP contribution in [0.5, 0.6) is 0 Å². The summed E-state index contributed by atoms with van der Waals surface area (Å²) in [6, 6.07) is 11.7. The van der Waals surface area contributed by atoms with Gasteiger partial charge < -0.3 is 15.5 Å². The maximum absolute atomic E-state index is 13.8. The number of rotatable bonds is 5. The fraction of sp³-hybridized carbons (Fsp3) is 0.350. The fourth-order valence-electron chi connectivity index (χ4n) is 3.07. The predicted octanol–water partition coefficient (Wildman–Crippen LogP) is 4.91. The number of hydrogen-bond acceptors (Lipinski definition) is 3. The van der Waals surface area contributed by atoms with E-state index in [2.05, 4.69) is 27.7 Å². The first kappa shape index (κ1) is 18.5. The highest BCUT2D eigenvalue weighted by molar-refractivity contribution is 6.30. The maximum Gasteiger partial charge on any atom is 0.246 e. The average Bonchev–Trinajstić information content (AvgIpc) is 2.65. The summed E-state index contributed by atoms with van der Waals surface area (Å²) >= 11 is 5.72. The van der Waals surface area contributed by atoms with E-state index in [0.717, 1.165) is 18.8 Å². The minimum atomic E-state index is -0.552. The van der Waals surface area contributed by atoms with Gasteiger partial charge in [-0.25, -0.2) is 4.39 Å². The average molecular weight is 376 g/mol. The molecule has 1 fully saturated rings. The molecule has 0 unspecified atom stereocenters. The third-order valence-corrected chi connectivity index (χ3v) is 4.79. The zero-order valence-corrected chi connectivity index (χ0v) is 15.5. The van der Waals surface area contributed by atoms with E-state index < -0.39 is 11.9 Å². The van der Waals surface area contributed by atoms with Crippen LogP contribution in [0, 0.1) is 5.82 Å². The van der Waals surface area contributed by atoms with E-state index in [0.29, 0.717) is 5.02 Å². The highest BCUT2D eigenvalue weighted by Crippen LogP contribution is 2.23. The fourth-order valence-corrected chi connectivity index (χ4v) is 3.23. The van der Waals surface area contributed by atoms with E-state index >= 15 is 0 Å². The van der Waals surface area contributed by atoms with Gasteiger partial charge in [-0.3, -0.25) is 4.79 Å². The first-order chi connectivity index (χ1) is 12.5. The summed E-state index contributed by atoms with van der Waals surface area (Å²) < 4.78 is 13.8. The third-order valence-electron chi connectivity index (χ3n) is 4.55. The summed E-state index contributed by atoms with van der Waals surface area (Å²) in [5, 5.41) is 6.01. The molecule has 0 aliphatic carbocycles. The van der Waals surface area contributed by atoms with Gasteiger partial charge in [0.1, 0.15) is 11.9 Å². The van der Waals surface area contributed by atoms with Crippen LogP contribution in [0.1, 0.15) is 26.2 Å². The van der Waals surface area contributed by atoms with E-state index in [1.807, 2.05) is 12.1 Å². The van der Waals surface area contributed by atoms with Crippen molar-refractivity contribution in [2.45, 2.75) is 32.2 Å². The second kappa shape index (κ2) is 8.41. The Kier molecular flexibility index (Phi) is 5.99. The molecule has 1 aliphatic rings. The molecule has 0 radical (unpaired) electrons. The van der Waals surface area contributed by atoms with Crippen LogP contribution in [0.2, 0.25) is 5.02 Å². The lowest BCUT2D eigenvalue weighted by molar-refractivity contribution is -0.116. The molecule has 26 heavy (non-hydrogen) atoms. The Bertz CT molecular complexity index is 760. The number of nitrogens with zero attached hydrogens (tertiary/aromatic N) is 1. The summed E-state index contributed by atoms with van der Waals surface area (Å²) in [5.41, 5.74) is 2.18. The van der Waals surface area contributed by atoms with Gasteiger partial charge in [0, 0.05) is 29.5 Å². The summed E-state index contributed by atoms with van der Waals surface area (Å²) in [6.07, 6.45) is 3.77. The van der Waals surface area contributed by atoms with Gasteiger partial charge >= 0.3 is 0 Å². The van der Waals surface area contributed by atoms with Crippen LogP contribution in [0.15, 0.2) is 42.5 Å². The Hall–Kier alpha value is -2.27. The van der Waals surface area contributed by atoms with Crippen molar-refractivity contribution in [1.82, 2.24) is 0 Å². The van der Waals surface area contributed by atoms with E-state index in [4.69, 9.17) is 11.6 Å². The first-order valence-corrected chi connectivity index (χ1v) is 9.28. The van der Waals surface area contributed by atoms with E-state index in [1.54, 1.807) is 6.92 Å². The van der Waals surface area contributed by atoms with Crippen LogP contribution in [-0.2, 0) is 4.79 Å². The monoisotopic (exact) mass is 375 g/mol. The number of carbonyl (C=O) groups is 1. The molecule has 1 heterocycles. The minimum absolute atomic E-state index is 0.119. The van der Waals surface area contributed by atoms with Crippen LogP contribution in [0.25, 0.3) is 0 Å². The van der Waals surface area contributed by atoms with Crippen LogP contribution in [-0.4, -0.2) is 25.0 Å². The van der Waals surface area contributed by atoms with Crippen molar-refractivity contribution in [3.05, 3.63) is 53.3 Å². The molecular formula is C20H23ClFN3O. The Morgan fingerprint density at radius 2 is 1.81 bits per heavy atom. The highest BCUT2D eigenvalue weighted by Gasteiger charge is 2.15. The standard InChI is InChI=1S/C20H23ClFN3O/c1-14(20(26)24-19-10-5-15(21)13-18(19)22)23-16-6-8-17(9-7-16)25-11-3-2-4-12-25/h5-10,13-14,23H,2-4,11-12H2,1H3,(H,24,26)/t14-/m1/s1. The second-order valence-corrected chi connectivity index (χ2v) is 7.01. The van der Waals surface area contributed by atoms with Crippen molar-refractivity contribution >= 4 is 34.6 Å². The van der Waals surface area contributed by atoms with Crippen LogP contribution in [0.3, 0.4) is 0 Å². The molecule has 3 rings (SSSR count). The predicted molar refractivity (Wildman–Crippen MR) is 106 cm³/mol. The van der Waals surface area contributed by atoms with Crippen LogP contribution >= 0.6 is 11.6 Å². The number of hydrogen-bond donors (Lipinski definition) is 2. The summed E-state index contributed by atoms with van der Waals surface area (Å²) in [6.45, 7) is 3.93. The number of anilines is 3. The molecule has 0 spiro atoms. The molecule has 138 valence electrons. The number of carbonyl (C=O) groups excluding carboxylic acids is 1. The molecule has 0 bridgehead atoms. The minimum Gasteiger partial charge on any atom is -0.374 e. The Balaban J connectivity index is 1.58. The van der Waals surface area contributed by atoms with Crippen molar-refractivity contribution in [3.63, 3.8) is 0 Å². The van der Waals surface area contributed by atoms with E-state index in [9.17, 15) is 9.18 Å². The van der Waals surface area contributed by atoms with E-state index in [-0.39, 0.29) is 11.6 Å². The summed E-state index contributed by atoms with van der Waals surface area (Å²) in [5.74, 6) is -0.865. The SMILES string of the molecule is C[C@@H](Nc1ccc(N2CCCCC2)cc1)C(=O)Nc1ccc(Cl)cc1F. The molecule has 6 heteroatoms. The largest absolute Gasteiger partial charge is 0.374 e. The van der Waals surface area contributed by atoms with Crippen molar-refractivity contribution < 1.29 is 9.18 Å². The molecule has 1 saturated heterocycles. The van der Waals surface area contributed by atoms with Gasteiger partial charge in [0.2, 0.25) is 5.91 Å². The molecule has 1 amide bonds.